The van der Waals surface area contributed by atoms with E-state index in [9.17, 15) is 9.18 Å². The number of amides is 2. The summed E-state index contributed by atoms with van der Waals surface area (Å²) in [6, 6.07) is 6.02. The Bertz CT molecular complexity index is 671. The van der Waals surface area contributed by atoms with Crippen LogP contribution in [0.4, 0.5) is 14.3 Å². The molecule has 2 rings (SSSR count). The molecular weight excluding hydrogens is 329 g/mol. The quantitative estimate of drug-likeness (QED) is 0.638. The molecule has 0 unspecified atom stereocenters. The van der Waals surface area contributed by atoms with E-state index >= 15 is 0 Å². The van der Waals surface area contributed by atoms with Crippen LogP contribution in [-0.4, -0.2) is 28.5 Å². The highest BCUT2D eigenvalue weighted by atomic mass is 32.1. The number of anilines is 1. The second kappa shape index (κ2) is 8.05. The first-order valence-electron chi connectivity index (χ1n) is 7.72. The van der Waals surface area contributed by atoms with E-state index in [0.29, 0.717) is 19.5 Å². The molecule has 0 aliphatic heterocycles. The summed E-state index contributed by atoms with van der Waals surface area (Å²) in [5, 5.41) is 6.58. The highest BCUT2D eigenvalue weighted by molar-refractivity contribution is 7.09. The van der Waals surface area contributed by atoms with Crippen molar-refractivity contribution in [1.29, 1.82) is 0 Å². The van der Waals surface area contributed by atoms with Gasteiger partial charge in [-0.3, -0.25) is 0 Å². The van der Waals surface area contributed by atoms with Crippen molar-refractivity contribution in [3.63, 3.8) is 0 Å². The number of benzene rings is 1. The molecule has 1 heterocycles. The van der Waals surface area contributed by atoms with Gasteiger partial charge in [0.1, 0.15) is 11.6 Å². The first kappa shape index (κ1) is 18.1. The molecule has 6 nitrogen and oxygen atoms in total. The van der Waals surface area contributed by atoms with Crippen LogP contribution in [0.5, 0.6) is 0 Å². The van der Waals surface area contributed by atoms with Crippen molar-refractivity contribution in [2.24, 2.45) is 5.73 Å². The highest BCUT2D eigenvalue weighted by Gasteiger charge is 2.21. The number of halogens is 1. The number of hydrogen-bond donors (Lipinski definition) is 3. The number of nitrogens with zero attached hydrogens (tertiary/aromatic N) is 2. The summed E-state index contributed by atoms with van der Waals surface area (Å²) < 4.78 is 17.3. The van der Waals surface area contributed by atoms with Gasteiger partial charge in [0.15, 0.2) is 0 Å². The number of primary amides is 1. The Hall–Kier alpha value is -2.22. The Morgan fingerprint density at radius 3 is 2.71 bits per heavy atom. The molecule has 0 aliphatic rings. The summed E-state index contributed by atoms with van der Waals surface area (Å²) in [5.74, 6) is 0.510. The number of hydrogen-bond acceptors (Lipinski definition) is 5. The number of rotatable bonds is 8. The molecule has 0 bridgehead atoms. The van der Waals surface area contributed by atoms with E-state index in [-0.39, 0.29) is 11.2 Å². The topological polar surface area (TPSA) is 92.9 Å². The van der Waals surface area contributed by atoms with Gasteiger partial charge in [0.2, 0.25) is 5.13 Å². The Labute approximate surface area is 144 Å². The summed E-state index contributed by atoms with van der Waals surface area (Å²) in [5.41, 5.74) is 5.90. The monoisotopic (exact) mass is 351 g/mol. The first-order valence-corrected chi connectivity index (χ1v) is 8.50. The zero-order valence-corrected chi connectivity index (χ0v) is 14.6. The normalized spacial score (nSPS) is 11.3. The van der Waals surface area contributed by atoms with Crippen LogP contribution in [-0.2, 0) is 11.8 Å². The van der Waals surface area contributed by atoms with Crippen LogP contribution < -0.4 is 16.4 Å². The highest BCUT2D eigenvalue weighted by Crippen LogP contribution is 2.24. The van der Waals surface area contributed by atoms with Gasteiger partial charge in [-0.1, -0.05) is 26.0 Å². The number of nitrogens with one attached hydrogen (secondary N) is 2. The number of carbonyl (C=O) groups excluding carboxylic acids is 1. The van der Waals surface area contributed by atoms with E-state index in [1.165, 1.54) is 23.7 Å². The fourth-order valence-electron chi connectivity index (χ4n) is 2.19. The molecule has 2 aromatic rings. The summed E-state index contributed by atoms with van der Waals surface area (Å²) >= 11 is 1.31. The minimum atomic E-state index is -0.522. The molecule has 0 atom stereocenters. The maximum absolute atomic E-state index is 13.0. The van der Waals surface area contributed by atoms with E-state index in [2.05, 4.69) is 33.8 Å². The SMILES string of the molecule is CC(C)(CNc1nc(CCCNC(N)=O)ns1)c1ccc(F)cc1. The molecule has 0 saturated heterocycles. The van der Waals surface area contributed by atoms with Gasteiger partial charge < -0.3 is 16.4 Å². The number of urea groups is 1. The Kier molecular flexibility index (Phi) is 6.08. The van der Waals surface area contributed by atoms with Gasteiger partial charge >= 0.3 is 6.03 Å². The lowest BCUT2D eigenvalue weighted by atomic mass is 9.85. The molecular formula is C16H22FN5OS. The molecule has 8 heteroatoms. The van der Waals surface area contributed by atoms with E-state index in [0.717, 1.165) is 22.9 Å². The Balaban J connectivity index is 1.83. The third kappa shape index (κ3) is 5.45. The number of aryl methyl sites for hydroxylation is 1. The molecule has 0 saturated carbocycles. The zero-order chi connectivity index (χ0) is 17.6. The van der Waals surface area contributed by atoms with Crippen LogP contribution in [0.2, 0.25) is 0 Å². The van der Waals surface area contributed by atoms with Crippen LogP contribution in [0.1, 0.15) is 31.7 Å². The standard InChI is InChI=1S/C16H22FN5OS/c1-16(2,11-5-7-12(17)8-6-11)10-20-15-21-13(22-24-15)4-3-9-19-14(18)23/h5-8H,3-4,9-10H2,1-2H3,(H3,18,19,23)(H,20,21,22). The summed E-state index contributed by atoms with van der Waals surface area (Å²) in [7, 11) is 0. The second-order valence-corrected chi connectivity index (χ2v) is 6.91. The largest absolute Gasteiger partial charge is 0.359 e. The van der Waals surface area contributed by atoms with Crippen LogP contribution in [0, 0.1) is 5.82 Å². The molecule has 1 aromatic carbocycles. The van der Waals surface area contributed by atoms with E-state index in [4.69, 9.17) is 5.73 Å². The maximum Gasteiger partial charge on any atom is 0.312 e. The van der Waals surface area contributed by atoms with Crippen LogP contribution in [0.25, 0.3) is 0 Å². The van der Waals surface area contributed by atoms with Gasteiger partial charge in [-0.15, -0.1) is 0 Å². The van der Waals surface area contributed by atoms with Crippen molar-refractivity contribution in [3.8, 4) is 0 Å². The predicted molar refractivity (Wildman–Crippen MR) is 93.7 cm³/mol. The zero-order valence-electron chi connectivity index (χ0n) is 13.8. The molecule has 0 fully saturated rings. The maximum atomic E-state index is 13.0. The van der Waals surface area contributed by atoms with Gasteiger partial charge in [0.25, 0.3) is 0 Å². The van der Waals surface area contributed by atoms with E-state index in [1.54, 1.807) is 12.1 Å². The minimum Gasteiger partial charge on any atom is -0.359 e. The van der Waals surface area contributed by atoms with Crippen molar-refractivity contribution in [1.82, 2.24) is 14.7 Å². The number of carbonyl (C=O) groups is 1. The van der Waals surface area contributed by atoms with Gasteiger partial charge in [0, 0.05) is 36.5 Å². The molecule has 0 spiro atoms. The van der Waals surface area contributed by atoms with Crippen molar-refractivity contribution in [3.05, 3.63) is 41.5 Å². The fourth-order valence-corrected chi connectivity index (χ4v) is 2.79. The lowest BCUT2D eigenvalue weighted by Gasteiger charge is -2.25. The molecule has 1 aromatic heterocycles. The molecule has 2 amide bonds. The summed E-state index contributed by atoms with van der Waals surface area (Å²) in [6.45, 7) is 5.35. The van der Waals surface area contributed by atoms with Crippen molar-refractivity contribution >= 4 is 22.7 Å². The van der Waals surface area contributed by atoms with Crippen LogP contribution in [0.15, 0.2) is 24.3 Å². The second-order valence-electron chi connectivity index (χ2n) is 6.15. The third-order valence-electron chi connectivity index (χ3n) is 3.65. The number of aromatic nitrogens is 2. The Morgan fingerprint density at radius 2 is 2.04 bits per heavy atom. The summed E-state index contributed by atoms with van der Waals surface area (Å²) in [4.78, 5) is 15.0. The van der Waals surface area contributed by atoms with Crippen molar-refractivity contribution in [2.75, 3.05) is 18.4 Å². The van der Waals surface area contributed by atoms with Crippen molar-refractivity contribution < 1.29 is 9.18 Å². The Morgan fingerprint density at radius 1 is 1.33 bits per heavy atom. The minimum absolute atomic E-state index is 0.162. The van der Waals surface area contributed by atoms with Gasteiger partial charge in [-0.05, 0) is 24.1 Å². The lowest BCUT2D eigenvalue weighted by Crippen LogP contribution is -2.30. The average Bonchev–Trinajstić information content (AvgIpc) is 2.98. The van der Waals surface area contributed by atoms with Gasteiger partial charge in [0.05, 0.1) is 0 Å². The molecule has 24 heavy (non-hydrogen) atoms. The molecule has 130 valence electrons. The van der Waals surface area contributed by atoms with Gasteiger partial charge in [-0.25, -0.2) is 14.2 Å². The summed E-state index contributed by atoms with van der Waals surface area (Å²) in [6.07, 6.45) is 1.42. The average molecular weight is 351 g/mol. The van der Waals surface area contributed by atoms with Crippen LogP contribution in [0.3, 0.4) is 0 Å². The van der Waals surface area contributed by atoms with Crippen LogP contribution >= 0.6 is 11.5 Å². The van der Waals surface area contributed by atoms with Crippen molar-refractivity contribution in [2.45, 2.75) is 32.1 Å². The smallest absolute Gasteiger partial charge is 0.312 e. The fraction of sp³-hybridized carbons (Fsp3) is 0.438. The van der Waals surface area contributed by atoms with E-state index in [1.807, 2.05) is 0 Å². The number of nitrogens with two attached hydrogens (primary N) is 1. The lowest BCUT2D eigenvalue weighted by molar-refractivity contribution is 0.249. The predicted octanol–water partition coefficient (Wildman–Crippen LogP) is 2.67. The molecule has 0 aliphatic carbocycles. The molecule has 0 radical (unpaired) electrons. The third-order valence-corrected chi connectivity index (χ3v) is 4.36. The molecule has 4 N–H and O–H groups in total. The van der Waals surface area contributed by atoms with Gasteiger partial charge in [-0.2, -0.15) is 4.37 Å². The van der Waals surface area contributed by atoms with E-state index < -0.39 is 6.03 Å². The first-order chi connectivity index (χ1) is 11.4.